The Labute approximate surface area is 119 Å². The Kier molecular flexibility index (Phi) is 5.29. The first-order chi connectivity index (χ1) is 6.36. The van der Waals surface area contributed by atoms with Gasteiger partial charge in [0.05, 0.1) is 0 Å². The van der Waals surface area contributed by atoms with Crippen LogP contribution in [0.25, 0.3) is 5.32 Å². The molecule has 1 radical (unpaired) electrons. The summed E-state index contributed by atoms with van der Waals surface area (Å²) in [6.45, 7) is 3.32. The minimum Gasteiger partial charge on any atom is -0.659 e. The minimum atomic E-state index is -0.417. The third-order valence-electron chi connectivity index (χ3n) is 2.08. The van der Waals surface area contributed by atoms with Gasteiger partial charge in [0.1, 0.15) is 5.82 Å². The first kappa shape index (κ1) is 12.4. The molecule has 73 valence electrons. The number of nitrogens with zero attached hydrogens (tertiary/aromatic N) is 3. The first-order valence-electron chi connectivity index (χ1n) is 4.37. The maximum Gasteiger partial charge on any atom is 0.214 e. The Bertz CT molecular complexity index is 289. The molecule has 2 heterocycles. The fourth-order valence-corrected chi connectivity index (χ4v) is 1.41. The van der Waals surface area contributed by atoms with Crippen LogP contribution in [-0.2, 0) is 0 Å². The topological polar surface area (TPSA) is 30.2 Å². The molecule has 1 aliphatic rings. The molecular formula is C9H11AcFN3-. The van der Waals surface area contributed by atoms with Gasteiger partial charge in [-0.25, -0.2) is 4.98 Å². The van der Waals surface area contributed by atoms with Gasteiger partial charge in [-0.2, -0.15) is 4.39 Å². The predicted octanol–water partition coefficient (Wildman–Crippen LogP) is 1.41. The Morgan fingerprint density at radius 2 is 2.00 bits per heavy atom. The predicted molar refractivity (Wildman–Crippen MR) is 49.5 cm³/mol. The molecule has 5 heteroatoms. The van der Waals surface area contributed by atoms with Crippen LogP contribution in [0.2, 0.25) is 0 Å². The number of halogens is 1. The van der Waals surface area contributed by atoms with Crippen LogP contribution < -0.4 is 4.90 Å². The van der Waals surface area contributed by atoms with Gasteiger partial charge in [-0.05, 0) is 12.1 Å². The smallest absolute Gasteiger partial charge is 0.214 e. The average molecular weight is 407 g/mol. The van der Waals surface area contributed by atoms with Crippen LogP contribution in [0.15, 0.2) is 18.2 Å². The molecule has 0 aliphatic carbocycles. The molecule has 0 aromatic carbocycles. The van der Waals surface area contributed by atoms with Crippen molar-refractivity contribution < 1.29 is 48.5 Å². The molecule has 0 amide bonds. The summed E-state index contributed by atoms with van der Waals surface area (Å²) in [5, 5.41) is 4.21. The van der Waals surface area contributed by atoms with E-state index in [0.717, 1.165) is 32.0 Å². The van der Waals surface area contributed by atoms with Crippen LogP contribution >= 0.6 is 0 Å². The number of hydrogen-bond donors (Lipinski definition) is 0. The fraction of sp³-hybridized carbons (Fsp3) is 0.444. The van der Waals surface area contributed by atoms with Crippen molar-refractivity contribution in [2.75, 3.05) is 31.1 Å². The molecule has 0 unspecified atom stereocenters. The number of hydrogen-bond acceptors (Lipinski definition) is 2. The van der Waals surface area contributed by atoms with Crippen molar-refractivity contribution >= 4 is 5.82 Å². The Balaban J connectivity index is 0.000000980. The molecule has 0 atom stereocenters. The second kappa shape index (κ2) is 5.99. The zero-order valence-electron chi connectivity index (χ0n) is 7.86. The molecule has 1 aromatic heterocycles. The zero-order chi connectivity index (χ0) is 9.10. The Morgan fingerprint density at radius 1 is 1.29 bits per heavy atom. The Hall–Kier alpha value is 0.282. The summed E-state index contributed by atoms with van der Waals surface area (Å²) in [7, 11) is 0. The van der Waals surface area contributed by atoms with Gasteiger partial charge in [0.15, 0.2) is 0 Å². The van der Waals surface area contributed by atoms with E-state index in [2.05, 4.69) is 15.2 Å². The summed E-state index contributed by atoms with van der Waals surface area (Å²) in [6, 6.07) is 4.87. The van der Waals surface area contributed by atoms with E-state index >= 15 is 0 Å². The number of aromatic nitrogens is 1. The summed E-state index contributed by atoms with van der Waals surface area (Å²) in [6.07, 6.45) is 0. The molecule has 0 bridgehead atoms. The summed E-state index contributed by atoms with van der Waals surface area (Å²) in [5.41, 5.74) is 0. The molecule has 0 spiro atoms. The van der Waals surface area contributed by atoms with Crippen LogP contribution in [0.3, 0.4) is 0 Å². The third-order valence-corrected chi connectivity index (χ3v) is 2.08. The van der Waals surface area contributed by atoms with Gasteiger partial charge in [0.2, 0.25) is 5.95 Å². The standard InChI is InChI=1S/C9H11FN3.Ac/c10-8-2-1-3-9(12-8)13-6-4-11-5-7-13;/h1-3H,4-7H2;/q-1;. The van der Waals surface area contributed by atoms with Crippen molar-refractivity contribution in [2.24, 2.45) is 0 Å². The van der Waals surface area contributed by atoms with E-state index in [1.54, 1.807) is 6.07 Å². The number of rotatable bonds is 1. The molecule has 1 saturated heterocycles. The van der Waals surface area contributed by atoms with Crippen LogP contribution in [0, 0.1) is 50.0 Å². The van der Waals surface area contributed by atoms with Crippen LogP contribution in [0.4, 0.5) is 10.2 Å². The van der Waals surface area contributed by atoms with Crippen molar-refractivity contribution in [3.05, 3.63) is 29.5 Å². The van der Waals surface area contributed by atoms with E-state index < -0.39 is 5.95 Å². The second-order valence-corrected chi connectivity index (χ2v) is 2.98. The fourth-order valence-electron chi connectivity index (χ4n) is 1.41. The summed E-state index contributed by atoms with van der Waals surface area (Å²) in [4.78, 5) is 5.87. The van der Waals surface area contributed by atoms with Gasteiger partial charge in [-0.15, -0.1) is 13.1 Å². The molecule has 0 N–H and O–H groups in total. The van der Waals surface area contributed by atoms with Gasteiger partial charge in [0.25, 0.3) is 0 Å². The summed E-state index contributed by atoms with van der Waals surface area (Å²) >= 11 is 0. The van der Waals surface area contributed by atoms with E-state index in [1.165, 1.54) is 6.07 Å². The summed E-state index contributed by atoms with van der Waals surface area (Å²) in [5.74, 6) is 0.301. The molecule has 2 rings (SSSR count). The maximum absolute atomic E-state index is 12.8. The van der Waals surface area contributed by atoms with Gasteiger partial charge in [-0.1, -0.05) is 6.07 Å². The monoisotopic (exact) mass is 407 g/mol. The first-order valence-corrected chi connectivity index (χ1v) is 4.37. The van der Waals surface area contributed by atoms with Crippen LogP contribution in [0.1, 0.15) is 0 Å². The second-order valence-electron chi connectivity index (χ2n) is 2.98. The van der Waals surface area contributed by atoms with Gasteiger partial charge in [0, 0.05) is 57.2 Å². The number of piperazine rings is 1. The minimum absolute atomic E-state index is 0. The largest absolute Gasteiger partial charge is 0.659 e. The van der Waals surface area contributed by atoms with Crippen molar-refractivity contribution in [1.82, 2.24) is 4.98 Å². The van der Waals surface area contributed by atoms with E-state index in [0.29, 0.717) is 0 Å². The van der Waals surface area contributed by atoms with Gasteiger partial charge >= 0.3 is 0 Å². The molecular weight excluding hydrogens is 396 g/mol. The molecule has 1 aromatic rings. The normalized spacial score (nSPS) is 16.2. The average Bonchev–Trinajstić information content (AvgIpc) is 2.19. The number of pyridine rings is 1. The van der Waals surface area contributed by atoms with Crippen LogP contribution in [-0.4, -0.2) is 31.2 Å². The molecule has 1 aliphatic heterocycles. The zero-order valence-corrected chi connectivity index (χ0v) is 12.6. The quantitative estimate of drug-likeness (QED) is 0.660. The van der Waals surface area contributed by atoms with E-state index in [1.807, 2.05) is 6.07 Å². The molecule has 3 nitrogen and oxygen atoms in total. The van der Waals surface area contributed by atoms with Gasteiger partial charge < -0.3 is 10.2 Å². The SMILES string of the molecule is Fc1cccc(N2CC[N-]CC2)n1.[Ac]. The molecule has 1 fully saturated rings. The van der Waals surface area contributed by atoms with Crippen molar-refractivity contribution in [3.8, 4) is 0 Å². The van der Waals surface area contributed by atoms with Crippen molar-refractivity contribution in [1.29, 1.82) is 0 Å². The van der Waals surface area contributed by atoms with E-state index in [4.69, 9.17) is 0 Å². The van der Waals surface area contributed by atoms with Crippen molar-refractivity contribution in [2.45, 2.75) is 0 Å². The third kappa shape index (κ3) is 3.15. The maximum atomic E-state index is 12.8. The summed E-state index contributed by atoms with van der Waals surface area (Å²) < 4.78 is 12.8. The molecule has 14 heavy (non-hydrogen) atoms. The van der Waals surface area contributed by atoms with Crippen LogP contribution in [0.5, 0.6) is 0 Å². The van der Waals surface area contributed by atoms with E-state index in [-0.39, 0.29) is 44.1 Å². The number of anilines is 1. The molecule has 0 saturated carbocycles. The van der Waals surface area contributed by atoms with Crippen molar-refractivity contribution in [3.63, 3.8) is 0 Å². The van der Waals surface area contributed by atoms with E-state index in [9.17, 15) is 4.39 Å². The Morgan fingerprint density at radius 3 is 2.64 bits per heavy atom. The van der Waals surface area contributed by atoms with Gasteiger partial charge in [-0.3, -0.25) is 0 Å².